The van der Waals surface area contributed by atoms with E-state index in [-0.39, 0.29) is 0 Å². The van der Waals surface area contributed by atoms with Gasteiger partial charge in [-0.25, -0.2) is 4.68 Å². The molecular weight excluding hydrogens is 218 g/mol. The van der Waals surface area contributed by atoms with Crippen LogP contribution in [0.4, 0.5) is 5.82 Å². The Hall–Kier alpha value is -0.640. The summed E-state index contributed by atoms with van der Waals surface area (Å²) in [6, 6.07) is 2.73. The van der Waals surface area contributed by atoms with Crippen molar-refractivity contribution in [2.24, 2.45) is 0 Å². The van der Waals surface area contributed by atoms with Gasteiger partial charge in [0, 0.05) is 24.4 Å². The van der Waals surface area contributed by atoms with Gasteiger partial charge in [-0.3, -0.25) is 0 Å². The molecular formula is C12H21N3S. The lowest BCUT2D eigenvalue weighted by atomic mass is 10.2. The predicted octanol–water partition coefficient (Wildman–Crippen LogP) is 2.99. The normalized spacial score (nSPS) is 20.9. The molecule has 1 aliphatic heterocycles. The lowest BCUT2D eigenvalue weighted by Crippen LogP contribution is -2.27. The van der Waals surface area contributed by atoms with E-state index < -0.39 is 0 Å². The van der Waals surface area contributed by atoms with Gasteiger partial charge in [-0.2, -0.15) is 16.9 Å². The fourth-order valence-corrected chi connectivity index (χ4v) is 3.08. The summed E-state index contributed by atoms with van der Waals surface area (Å²) in [7, 11) is 0. The van der Waals surface area contributed by atoms with Gasteiger partial charge in [0.25, 0.3) is 0 Å². The minimum atomic E-state index is 0.635. The predicted molar refractivity (Wildman–Crippen MR) is 71.1 cm³/mol. The Labute approximate surface area is 102 Å². The summed E-state index contributed by atoms with van der Waals surface area (Å²) in [5.74, 6) is 3.76. The van der Waals surface area contributed by atoms with Crippen LogP contribution in [0.15, 0.2) is 12.3 Å². The summed E-state index contributed by atoms with van der Waals surface area (Å²) >= 11 is 2.06. The van der Waals surface area contributed by atoms with Gasteiger partial charge in [0.15, 0.2) is 0 Å². The van der Waals surface area contributed by atoms with Crippen LogP contribution in [-0.2, 0) is 6.54 Å². The van der Waals surface area contributed by atoms with Crippen molar-refractivity contribution in [2.75, 3.05) is 16.8 Å². The number of nitrogens with one attached hydrogen (secondary N) is 1. The third kappa shape index (κ3) is 3.17. The molecule has 0 radical (unpaired) electrons. The Morgan fingerprint density at radius 2 is 2.56 bits per heavy atom. The number of hydrogen-bond acceptors (Lipinski definition) is 3. The van der Waals surface area contributed by atoms with Crippen molar-refractivity contribution in [3.05, 3.63) is 12.3 Å². The molecule has 0 amide bonds. The second-order valence-electron chi connectivity index (χ2n) is 4.35. The van der Waals surface area contributed by atoms with Crippen molar-refractivity contribution < 1.29 is 0 Å². The van der Waals surface area contributed by atoms with Crippen molar-refractivity contribution in [3.63, 3.8) is 0 Å². The highest BCUT2D eigenvalue weighted by Crippen LogP contribution is 2.20. The van der Waals surface area contributed by atoms with Crippen LogP contribution in [0.1, 0.15) is 32.6 Å². The number of hydrogen-bond donors (Lipinski definition) is 1. The number of nitrogens with zero attached hydrogens (tertiary/aromatic N) is 2. The molecule has 3 nitrogen and oxygen atoms in total. The van der Waals surface area contributed by atoms with Crippen molar-refractivity contribution in [3.8, 4) is 0 Å². The summed E-state index contributed by atoms with van der Waals surface area (Å²) in [5, 5.41) is 7.98. The molecule has 1 aliphatic rings. The van der Waals surface area contributed by atoms with Crippen LogP contribution in [0.3, 0.4) is 0 Å². The number of aromatic nitrogens is 2. The maximum absolute atomic E-state index is 4.37. The van der Waals surface area contributed by atoms with Crippen LogP contribution in [0.5, 0.6) is 0 Å². The topological polar surface area (TPSA) is 29.9 Å². The standard InChI is InChI=1S/C12H21N3S/c1-2-3-8-15-12(6-7-13-15)14-11-5-4-9-16-10-11/h6-7,11,14H,2-5,8-10H2,1H3. The molecule has 1 saturated heterocycles. The van der Waals surface area contributed by atoms with Crippen molar-refractivity contribution >= 4 is 17.6 Å². The average Bonchev–Trinajstić information content (AvgIpc) is 2.75. The zero-order valence-corrected chi connectivity index (χ0v) is 10.8. The Balaban J connectivity index is 1.89. The highest BCUT2D eigenvalue weighted by molar-refractivity contribution is 7.99. The number of thioether (sulfide) groups is 1. The lowest BCUT2D eigenvalue weighted by Gasteiger charge is -2.23. The first-order chi connectivity index (χ1) is 7.90. The Morgan fingerprint density at radius 3 is 3.31 bits per heavy atom. The molecule has 0 bridgehead atoms. The largest absolute Gasteiger partial charge is 0.367 e. The second kappa shape index (κ2) is 6.18. The highest BCUT2D eigenvalue weighted by Gasteiger charge is 2.14. The van der Waals surface area contributed by atoms with E-state index >= 15 is 0 Å². The quantitative estimate of drug-likeness (QED) is 0.856. The minimum absolute atomic E-state index is 0.635. The van der Waals surface area contributed by atoms with Gasteiger partial charge in [-0.05, 0) is 25.0 Å². The highest BCUT2D eigenvalue weighted by atomic mass is 32.2. The molecule has 0 aliphatic carbocycles. The summed E-state index contributed by atoms with van der Waals surface area (Å²) in [6.07, 6.45) is 6.96. The maximum Gasteiger partial charge on any atom is 0.124 e. The molecule has 1 unspecified atom stereocenters. The fraction of sp³-hybridized carbons (Fsp3) is 0.750. The van der Waals surface area contributed by atoms with Crippen molar-refractivity contribution in [1.29, 1.82) is 0 Å². The average molecular weight is 239 g/mol. The molecule has 2 rings (SSSR count). The van der Waals surface area contributed by atoms with Crippen LogP contribution in [0.2, 0.25) is 0 Å². The third-order valence-corrected chi connectivity index (χ3v) is 4.17. The van der Waals surface area contributed by atoms with Gasteiger partial charge in [0.05, 0.1) is 6.20 Å². The van der Waals surface area contributed by atoms with Gasteiger partial charge in [-0.1, -0.05) is 13.3 Å². The zero-order valence-electron chi connectivity index (χ0n) is 9.98. The van der Waals surface area contributed by atoms with E-state index in [2.05, 4.69) is 39.8 Å². The van der Waals surface area contributed by atoms with Gasteiger partial charge in [-0.15, -0.1) is 0 Å². The van der Waals surface area contributed by atoms with E-state index in [1.165, 1.54) is 43.0 Å². The number of rotatable bonds is 5. The molecule has 1 atom stereocenters. The van der Waals surface area contributed by atoms with Crippen molar-refractivity contribution in [1.82, 2.24) is 9.78 Å². The second-order valence-corrected chi connectivity index (χ2v) is 5.50. The van der Waals surface area contributed by atoms with E-state index in [9.17, 15) is 0 Å². The van der Waals surface area contributed by atoms with E-state index in [1.54, 1.807) is 0 Å². The molecule has 1 aromatic rings. The number of anilines is 1. The van der Waals surface area contributed by atoms with Crippen LogP contribution >= 0.6 is 11.8 Å². The molecule has 16 heavy (non-hydrogen) atoms. The first kappa shape index (κ1) is 11.8. The molecule has 0 spiro atoms. The smallest absolute Gasteiger partial charge is 0.124 e. The summed E-state index contributed by atoms with van der Waals surface area (Å²) in [6.45, 7) is 3.25. The van der Waals surface area contributed by atoms with E-state index in [1.807, 2.05) is 6.20 Å². The molecule has 1 N–H and O–H groups in total. The Kier molecular flexibility index (Phi) is 4.57. The molecule has 4 heteroatoms. The molecule has 0 aromatic carbocycles. The molecule has 1 fully saturated rings. The van der Waals surface area contributed by atoms with Gasteiger partial charge in [0.2, 0.25) is 0 Å². The van der Waals surface area contributed by atoms with Crippen molar-refractivity contribution in [2.45, 2.75) is 45.2 Å². The fourth-order valence-electron chi connectivity index (χ4n) is 2.01. The number of aryl methyl sites for hydroxylation is 1. The van der Waals surface area contributed by atoms with Crippen LogP contribution in [0.25, 0.3) is 0 Å². The Morgan fingerprint density at radius 1 is 1.62 bits per heavy atom. The summed E-state index contributed by atoms with van der Waals surface area (Å²) in [4.78, 5) is 0. The van der Waals surface area contributed by atoms with E-state index in [0.717, 1.165) is 6.54 Å². The zero-order chi connectivity index (χ0) is 11.2. The van der Waals surface area contributed by atoms with E-state index in [4.69, 9.17) is 0 Å². The first-order valence-electron chi connectivity index (χ1n) is 6.26. The molecule has 90 valence electrons. The lowest BCUT2D eigenvalue weighted by molar-refractivity contribution is 0.569. The minimum Gasteiger partial charge on any atom is -0.367 e. The summed E-state index contributed by atoms with van der Waals surface area (Å²) < 4.78 is 2.10. The van der Waals surface area contributed by atoms with Crippen LogP contribution in [-0.4, -0.2) is 27.3 Å². The third-order valence-electron chi connectivity index (χ3n) is 2.95. The Bertz CT molecular complexity index is 305. The molecule has 0 saturated carbocycles. The molecule has 2 heterocycles. The van der Waals surface area contributed by atoms with Crippen LogP contribution < -0.4 is 5.32 Å². The number of unbranched alkanes of at least 4 members (excludes halogenated alkanes) is 1. The van der Waals surface area contributed by atoms with Gasteiger partial charge in [0.1, 0.15) is 5.82 Å². The van der Waals surface area contributed by atoms with Gasteiger partial charge < -0.3 is 5.32 Å². The van der Waals surface area contributed by atoms with E-state index in [0.29, 0.717) is 6.04 Å². The summed E-state index contributed by atoms with van der Waals surface area (Å²) in [5.41, 5.74) is 0. The van der Waals surface area contributed by atoms with Crippen LogP contribution in [0, 0.1) is 0 Å². The maximum atomic E-state index is 4.37. The SMILES string of the molecule is CCCCn1nccc1NC1CCCSC1. The monoisotopic (exact) mass is 239 g/mol. The van der Waals surface area contributed by atoms with Gasteiger partial charge >= 0.3 is 0 Å². The first-order valence-corrected chi connectivity index (χ1v) is 7.41. The molecule has 1 aromatic heterocycles.